The molecule has 72 valence electrons. The van der Waals surface area contributed by atoms with Crippen molar-refractivity contribution in [2.24, 2.45) is 0 Å². The topological polar surface area (TPSA) is 20.2 Å². The monoisotopic (exact) mass is 178 g/mol. The fourth-order valence-electron chi connectivity index (χ4n) is 1.72. The van der Waals surface area contributed by atoms with E-state index in [9.17, 15) is 0 Å². The zero-order chi connectivity index (χ0) is 9.84. The van der Waals surface area contributed by atoms with Crippen molar-refractivity contribution in [3.05, 3.63) is 34.9 Å². The highest BCUT2D eigenvalue weighted by Crippen LogP contribution is 2.22. The summed E-state index contributed by atoms with van der Waals surface area (Å²) in [5, 5.41) is 9.08. The highest BCUT2D eigenvalue weighted by Gasteiger charge is 2.08. The van der Waals surface area contributed by atoms with Gasteiger partial charge in [-0.3, -0.25) is 0 Å². The summed E-state index contributed by atoms with van der Waals surface area (Å²) in [6.07, 6.45) is 1.07. The Morgan fingerprint density at radius 2 is 2.08 bits per heavy atom. The lowest BCUT2D eigenvalue weighted by atomic mass is 9.93. The van der Waals surface area contributed by atoms with Gasteiger partial charge in [-0.05, 0) is 30.0 Å². The molecule has 1 N–H and O–H groups in total. The maximum atomic E-state index is 9.08. The summed E-state index contributed by atoms with van der Waals surface area (Å²) in [7, 11) is 0. The quantitative estimate of drug-likeness (QED) is 0.754. The second-order valence-electron chi connectivity index (χ2n) is 3.57. The number of aryl methyl sites for hydroxylation is 1. The van der Waals surface area contributed by atoms with Gasteiger partial charge in [0.2, 0.25) is 0 Å². The van der Waals surface area contributed by atoms with Crippen LogP contribution in [0.4, 0.5) is 0 Å². The van der Waals surface area contributed by atoms with Crippen molar-refractivity contribution in [3.8, 4) is 0 Å². The fraction of sp³-hybridized carbons (Fsp3) is 0.500. The van der Waals surface area contributed by atoms with Crippen LogP contribution >= 0.6 is 0 Å². The van der Waals surface area contributed by atoms with Gasteiger partial charge in [0.15, 0.2) is 0 Å². The standard InChI is InChI=1S/C12H18O/c1-4-11-6-5-7-12(10(11)3)9(2)8-13/h5-7,9,13H,4,8H2,1-3H3. The molecule has 0 saturated heterocycles. The molecule has 1 aromatic carbocycles. The Balaban J connectivity index is 3.08. The van der Waals surface area contributed by atoms with Crippen molar-refractivity contribution in [1.29, 1.82) is 0 Å². The molecule has 0 radical (unpaired) electrons. The SMILES string of the molecule is CCc1cccc(C(C)CO)c1C. The molecule has 1 heteroatoms. The first-order valence-electron chi connectivity index (χ1n) is 4.90. The van der Waals surface area contributed by atoms with Gasteiger partial charge in [-0.15, -0.1) is 0 Å². The Bertz CT molecular complexity index is 278. The molecule has 0 amide bonds. The van der Waals surface area contributed by atoms with Gasteiger partial charge < -0.3 is 5.11 Å². The summed E-state index contributed by atoms with van der Waals surface area (Å²) in [6, 6.07) is 6.34. The molecular formula is C12H18O. The van der Waals surface area contributed by atoms with Gasteiger partial charge >= 0.3 is 0 Å². The number of benzene rings is 1. The van der Waals surface area contributed by atoms with Crippen LogP contribution in [0.25, 0.3) is 0 Å². The summed E-state index contributed by atoms with van der Waals surface area (Å²) in [6.45, 7) is 6.59. The van der Waals surface area contributed by atoms with Crippen LogP contribution in [-0.2, 0) is 6.42 Å². The van der Waals surface area contributed by atoms with Crippen molar-refractivity contribution < 1.29 is 5.11 Å². The molecular weight excluding hydrogens is 160 g/mol. The van der Waals surface area contributed by atoms with E-state index >= 15 is 0 Å². The number of hydrogen-bond acceptors (Lipinski definition) is 1. The maximum absolute atomic E-state index is 9.08. The zero-order valence-corrected chi connectivity index (χ0v) is 8.67. The van der Waals surface area contributed by atoms with Gasteiger partial charge in [0.05, 0.1) is 0 Å². The third-order valence-corrected chi connectivity index (χ3v) is 2.67. The van der Waals surface area contributed by atoms with Crippen molar-refractivity contribution in [1.82, 2.24) is 0 Å². The normalized spacial score (nSPS) is 12.9. The van der Waals surface area contributed by atoms with Gasteiger partial charge in [0.1, 0.15) is 0 Å². The van der Waals surface area contributed by atoms with E-state index in [2.05, 4.69) is 39.0 Å². The fourth-order valence-corrected chi connectivity index (χ4v) is 1.72. The minimum Gasteiger partial charge on any atom is -0.396 e. The molecule has 0 heterocycles. The maximum Gasteiger partial charge on any atom is 0.0497 e. The molecule has 1 rings (SSSR count). The molecule has 0 saturated carbocycles. The second kappa shape index (κ2) is 4.43. The van der Waals surface area contributed by atoms with Crippen LogP contribution in [0, 0.1) is 6.92 Å². The molecule has 0 aliphatic carbocycles. The Kier molecular flexibility index (Phi) is 3.49. The highest BCUT2D eigenvalue weighted by molar-refractivity contribution is 5.36. The lowest BCUT2D eigenvalue weighted by Gasteiger charge is -2.14. The van der Waals surface area contributed by atoms with Crippen LogP contribution in [0.15, 0.2) is 18.2 Å². The zero-order valence-electron chi connectivity index (χ0n) is 8.67. The third-order valence-electron chi connectivity index (χ3n) is 2.67. The van der Waals surface area contributed by atoms with E-state index in [1.807, 2.05) is 0 Å². The lowest BCUT2D eigenvalue weighted by Crippen LogP contribution is -2.03. The van der Waals surface area contributed by atoms with E-state index in [4.69, 9.17) is 5.11 Å². The highest BCUT2D eigenvalue weighted by atomic mass is 16.3. The molecule has 0 aliphatic heterocycles. The average Bonchev–Trinajstić information content (AvgIpc) is 2.17. The van der Waals surface area contributed by atoms with E-state index < -0.39 is 0 Å². The summed E-state index contributed by atoms with van der Waals surface area (Å²) < 4.78 is 0. The van der Waals surface area contributed by atoms with Crippen LogP contribution in [0.3, 0.4) is 0 Å². The molecule has 0 spiro atoms. The summed E-state index contributed by atoms with van der Waals surface area (Å²) >= 11 is 0. The van der Waals surface area contributed by atoms with Crippen molar-refractivity contribution in [3.63, 3.8) is 0 Å². The predicted molar refractivity (Wildman–Crippen MR) is 56.1 cm³/mol. The molecule has 0 aromatic heterocycles. The lowest BCUT2D eigenvalue weighted by molar-refractivity contribution is 0.272. The first-order valence-corrected chi connectivity index (χ1v) is 4.90. The Morgan fingerprint density at radius 3 is 2.62 bits per heavy atom. The smallest absolute Gasteiger partial charge is 0.0497 e. The minimum absolute atomic E-state index is 0.230. The Morgan fingerprint density at radius 1 is 1.38 bits per heavy atom. The van der Waals surface area contributed by atoms with Crippen LogP contribution in [0.5, 0.6) is 0 Å². The van der Waals surface area contributed by atoms with E-state index in [0.717, 1.165) is 6.42 Å². The van der Waals surface area contributed by atoms with Crippen LogP contribution in [0.1, 0.15) is 36.5 Å². The largest absolute Gasteiger partial charge is 0.396 e. The molecule has 1 unspecified atom stereocenters. The van der Waals surface area contributed by atoms with Gasteiger partial charge in [-0.1, -0.05) is 32.0 Å². The van der Waals surface area contributed by atoms with Gasteiger partial charge in [-0.2, -0.15) is 0 Å². The van der Waals surface area contributed by atoms with Crippen LogP contribution in [0.2, 0.25) is 0 Å². The predicted octanol–water partition coefficient (Wildman–Crippen LogP) is 2.65. The van der Waals surface area contributed by atoms with Crippen LogP contribution < -0.4 is 0 Å². The van der Waals surface area contributed by atoms with Gasteiger partial charge in [0.25, 0.3) is 0 Å². The minimum atomic E-state index is 0.230. The van der Waals surface area contributed by atoms with E-state index in [0.29, 0.717) is 0 Å². The van der Waals surface area contributed by atoms with Crippen molar-refractivity contribution in [2.75, 3.05) is 6.61 Å². The van der Waals surface area contributed by atoms with E-state index in [1.165, 1.54) is 16.7 Å². The molecule has 0 bridgehead atoms. The number of rotatable bonds is 3. The number of aliphatic hydroxyl groups excluding tert-OH is 1. The van der Waals surface area contributed by atoms with Gasteiger partial charge in [0, 0.05) is 12.5 Å². The molecule has 13 heavy (non-hydrogen) atoms. The Labute approximate surface area is 80.4 Å². The molecule has 0 aliphatic rings. The third kappa shape index (κ3) is 2.10. The molecule has 1 aromatic rings. The average molecular weight is 178 g/mol. The molecule has 1 atom stereocenters. The number of hydrogen-bond donors (Lipinski definition) is 1. The van der Waals surface area contributed by atoms with E-state index in [1.54, 1.807) is 0 Å². The molecule has 0 fully saturated rings. The summed E-state index contributed by atoms with van der Waals surface area (Å²) in [4.78, 5) is 0. The molecule has 1 nitrogen and oxygen atoms in total. The number of aliphatic hydroxyl groups is 1. The summed E-state index contributed by atoms with van der Waals surface area (Å²) in [5.41, 5.74) is 4.01. The van der Waals surface area contributed by atoms with Crippen molar-refractivity contribution >= 4 is 0 Å². The second-order valence-corrected chi connectivity index (χ2v) is 3.57. The summed E-state index contributed by atoms with van der Waals surface area (Å²) in [5.74, 6) is 0.256. The first-order chi connectivity index (χ1) is 6.20. The first kappa shape index (κ1) is 10.3. The van der Waals surface area contributed by atoms with Crippen LogP contribution in [-0.4, -0.2) is 11.7 Å². The van der Waals surface area contributed by atoms with Gasteiger partial charge in [-0.25, -0.2) is 0 Å². The Hall–Kier alpha value is -0.820. The van der Waals surface area contributed by atoms with E-state index in [-0.39, 0.29) is 12.5 Å². The van der Waals surface area contributed by atoms with Crippen molar-refractivity contribution in [2.45, 2.75) is 33.1 Å².